The molecule has 0 fully saturated rings. The SMILES string of the molecule is [B]c1cc(Cc2ccc(C)cc2)ccc1C. The maximum absolute atomic E-state index is 5.90. The van der Waals surface area contributed by atoms with Crippen molar-refractivity contribution in [3.63, 3.8) is 0 Å². The maximum Gasteiger partial charge on any atom is 0.114 e. The molecule has 0 aromatic heterocycles. The second-order valence-corrected chi connectivity index (χ2v) is 4.35. The Morgan fingerprint density at radius 2 is 1.50 bits per heavy atom. The quantitative estimate of drug-likeness (QED) is 0.662. The molecule has 0 heterocycles. The van der Waals surface area contributed by atoms with Crippen LogP contribution in [0.3, 0.4) is 0 Å². The molecule has 2 aromatic carbocycles. The summed E-state index contributed by atoms with van der Waals surface area (Å²) < 4.78 is 0. The van der Waals surface area contributed by atoms with E-state index in [2.05, 4.69) is 49.4 Å². The normalized spacial score (nSPS) is 10.4. The van der Waals surface area contributed by atoms with E-state index in [-0.39, 0.29) is 0 Å². The van der Waals surface area contributed by atoms with Crippen molar-refractivity contribution in [3.8, 4) is 0 Å². The molecule has 0 aliphatic carbocycles. The molecule has 0 atom stereocenters. The lowest BCUT2D eigenvalue weighted by Gasteiger charge is -2.06. The highest BCUT2D eigenvalue weighted by Crippen LogP contribution is 2.10. The lowest BCUT2D eigenvalue weighted by atomic mass is 9.88. The van der Waals surface area contributed by atoms with Crippen LogP contribution in [-0.2, 0) is 6.42 Å². The highest BCUT2D eigenvalue weighted by atomic mass is 14.0. The molecule has 16 heavy (non-hydrogen) atoms. The van der Waals surface area contributed by atoms with E-state index < -0.39 is 0 Å². The van der Waals surface area contributed by atoms with Crippen LogP contribution >= 0.6 is 0 Å². The van der Waals surface area contributed by atoms with Gasteiger partial charge < -0.3 is 0 Å². The smallest absolute Gasteiger partial charge is 0.0935 e. The molecule has 0 aliphatic rings. The molecular weight excluding hydrogens is 191 g/mol. The molecule has 0 unspecified atom stereocenters. The molecule has 0 bridgehead atoms. The van der Waals surface area contributed by atoms with Crippen molar-refractivity contribution in [1.29, 1.82) is 0 Å². The van der Waals surface area contributed by atoms with E-state index in [0.29, 0.717) is 0 Å². The number of aryl methyl sites for hydroxylation is 2. The maximum atomic E-state index is 5.90. The molecule has 0 saturated heterocycles. The first-order valence-electron chi connectivity index (χ1n) is 5.56. The van der Waals surface area contributed by atoms with E-state index in [0.717, 1.165) is 17.4 Å². The summed E-state index contributed by atoms with van der Waals surface area (Å²) in [5, 5.41) is 0. The number of hydrogen-bond donors (Lipinski definition) is 0. The minimum atomic E-state index is 0.879. The third-order valence-corrected chi connectivity index (χ3v) is 2.87. The van der Waals surface area contributed by atoms with E-state index >= 15 is 0 Å². The van der Waals surface area contributed by atoms with Crippen molar-refractivity contribution in [1.82, 2.24) is 0 Å². The van der Waals surface area contributed by atoms with Crippen LogP contribution < -0.4 is 5.46 Å². The van der Waals surface area contributed by atoms with Gasteiger partial charge in [-0.25, -0.2) is 0 Å². The standard InChI is InChI=1S/C15H15B/c1-11-3-6-13(7-4-11)9-14-8-5-12(2)15(16)10-14/h3-8,10H,9H2,1-2H3. The Morgan fingerprint density at radius 3 is 2.12 bits per heavy atom. The van der Waals surface area contributed by atoms with Gasteiger partial charge in [0.05, 0.1) is 0 Å². The van der Waals surface area contributed by atoms with Gasteiger partial charge in [0.25, 0.3) is 0 Å². The Labute approximate surface area is 98.7 Å². The Morgan fingerprint density at radius 1 is 0.875 bits per heavy atom. The Balaban J connectivity index is 2.20. The van der Waals surface area contributed by atoms with Crippen molar-refractivity contribution in [3.05, 3.63) is 64.7 Å². The van der Waals surface area contributed by atoms with Crippen LogP contribution in [0.2, 0.25) is 0 Å². The summed E-state index contributed by atoms with van der Waals surface area (Å²) in [5.41, 5.74) is 5.92. The van der Waals surface area contributed by atoms with Crippen LogP contribution in [0.4, 0.5) is 0 Å². The molecule has 2 aromatic rings. The second kappa shape index (κ2) is 4.57. The summed E-state index contributed by atoms with van der Waals surface area (Å²) in [6, 6.07) is 14.9. The summed E-state index contributed by atoms with van der Waals surface area (Å²) in [7, 11) is 5.90. The Kier molecular flexibility index (Phi) is 3.14. The average Bonchev–Trinajstić information content (AvgIpc) is 2.27. The zero-order valence-corrected chi connectivity index (χ0v) is 9.83. The van der Waals surface area contributed by atoms with Crippen LogP contribution in [0.1, 0.15) is 22.3 Å². The molecule has 0 spiro atoms. The summed E-state index contributed by atoms with van der Waals surface area (Å²) in [4.78, 5) is 0. The first kappa shape index (κ1) is 11.0. The number of benzene rings is 2. The van der Waals surface area contributed by atoms with E-state index in [4.69, 9.17) is 7.85 Å². The lowest BCUT2D eigenvalue weighted by molar-refractivity contribution is 1.19. The van der Waals surface area contributed by atoms with Gasteiger partial charge in [0, 0.05) is 0 Å². The predicted molar refractivity (Wildman–Crippen MR) is 70.6 cm³/mol. The third kappa shape index (κ3) is 2.54. The number of hydrogen-bond acceptors (Lipinski definition) is 0. The highest BCUT2D eigenvalue weighted by molar-refractivity contribution is 6.33. The van der Waals surface area contributed by atoms with Crippen molar-refractivity contribution in [2.45, 2.75) is 20.3 Å². The van der Waals surface area contributed by atoms with Crippen LogP contribution in [0.15, 0.2) is 42.5 Å². The largest absolute Gasteiger partial charge is 0.114 e. The van der Waals surface area contributed by atoms with Gasteiger partial charge in [-0.3, -0.25) is 0 Å². The molecule has 0 amide bonds. The minimum Gasteiger partial charge on any atom is -0.0935 e. The zero-order valence-electron chi connectivity index (χ0n) is 9.83. The zero-order chi connectivity index (χ0) is 11.5. The van der Waals surface area contributed by atoms with Crippen LogP contribution in [0.25, 0.3) is 0 Å². The van der Waals surface area contributed by atoms with Gasteiger partial charge in [0.1, 0.15) is 7.85 Å². The highest BCUT2D eigenvalue weighted by Gasteiger charge is 1.98. The molecule has 0 nitrogen and oxygen atoms in total. The second-order valence-electron chi connectivity index (χ2n) is 4.35. The fourth-order valence-electron chi connectivity index (χ4n) is 1.74. The van der Waals surface area contributed by atoms with Crippen LogP contribution in [0.5, 0.6) is 0 Å². The summed E-state index contributed by atoms with van der Waals surface area (Å²) in [6.07, 6.45) is 0.949. The van der Waals surface area contributed by atoms with E-state index in [1.165, 1.54) is 16.7 Å². The predicted octanol–water partition coefficient (Wildman–Crippen LogP) is 2.69. The van der Waals surface area contributed by atoms with Gasteiger partial charge in [-0.15, -0.1) is 0 Å². The van der Waals surface area contributed by atoms with Gasteiger partial charge in [0.2, 0.25) is 0 Å². The lowest BCUT2D eigenvalue weighted by Crippen LogP contribution is -2.08. The molecule has 2 radical (unpaired) electrons. The van der Waals surface area contributed by atoms with Crippen molar-refractivity contribution < 1.29 is 0 Å². The molecule has 2 rings (SSSR count). The minimum absolute atomic E-state index is 0.879. The fourth-order valence-corrected chi connectivity index (χ4v) is 1.74. The molecule has 0 saturated carbocycles. The van der Waals surface area contributed by atoms with Gasteiger partial charge >= 0.3 is 0 Å². The van der Waals surface area contributed by atoms with Gasteiger partial charge in [-0.2, -0.15) is 0 Å². The molecule has 1 heteroatoms. The van der Waals surface area contributed by atoms with E-state index in [1.54, 1.807) is 0 Å². The summed E-state index contributed by atoms with van der Waals surface area (Å²) in [6.45, 7) is 4.14. The first-order valence-corrected chi connectivity index (χ1v) is 5.56. The van der Waals surface area contributed by atoms with E-state index in [1.807, 2.05) is 6.92 Å². The molecular formula is C15H15B. The first-order chi connectivity index (χ1) is 7.65. The number of rotatable bonds is 2. The summed E-state index contributed by atoms with van der Waals surface area (Å²) in [5.74, 6) is 0. The third-order valence-electron chi connectivity index (χ3n) is 2.87. The summed E-state index contributed by atoms with van der Waals surface area (Å²) >= 11 is 0. The molecule has 0 aliphatic heterocycles. The Bertz CT molecular complexity index is 483. The monoisotopic (exact) mass is 206 g/mol. The van der Waals surface area contributed by atoms with Crippen LogP contribution in [0, 0.1) is 13.8 Å². The van der Waals surface area contributed by atoms with Gasteiger partial charge in [0.15, 0.2) is 0 Å². The van der Waals surface area contributed by atoms with Crippen LogP contribution in [-0.4, -0.2) is 7.85 Å². The topological polar surface area (TPSA) is 0 Å². The van der Waals surface area contributed by atoms with Crippen molar-refractivity contribution in [2.75, 3.05) is 0 Å². The Hall–Kier alpha value is -1.50. The fraction of sp³-hybridized carbons (Fsp3) is 0.200. The molecule has 0 N–H and O–H groups in total. The average molecular weight is 206 g/mol. The van der Waals surface area contributed by atoms with Crippen molar-refractivity contribution in [2.24, 2.45) is 0 Å². The van der Waals surface area contributed by atoms with Gasteiger partial charge in [-0.1, -0.05) is 59.1 Å². The van der Waals surface area contributed by atoms with Crippen molar-refractivity contribution >= 4 is 13.3 Å². The van der Waals surface area contributed by atoms with Gasteiger partial charge in [-0.05, 0) is 31.4 Å². The van der Waals surface area contributed by atoms with E-state index in [9.17, 15) is 0 Å². The molecule has 78 valence electrons.